The van der Waals surface area contributed by atoms with Crippen molar-refractivity contribution in [3.8, 4) is 0 Å². The van der Waals surface area contributed by atoms with Crippen molar-refractivity contribution in [3.63, 3.8) is 0 Å². The third kappa shape index (κ3) is 6.23. The third-order valence-corrected chi connectivity index (χ3v) is 4.84. The SMILES string of the molecule is CC.CC.CC.CCOC(=O)c1cccc2c3c(n(CC4=CNCC=C4)c12)CCNC3. The highest BCUT2D eigenvalue weighted by Gasteiger charge is 2.24. The number of rotatable bonds is 4. The van der Waals surface area contributed by atoms with Crippen molar-refractivity contribution in [2.45, 2.75) is 68.0 Å². The second-order valence-corrected chi connectivity index (χ2v) is 6.39. The van der Waals surface area contributed by atoms with Crippen molar-refractivity contribution >= 4 is 16.9 Å². The maximum absolute atomic E-state index is 12.5. The molecular formula is C26H41N3O2. The van der Waals surface area contributed by atoms with Gasteiger partial charge >= 0.3 is 5.97 Å². The van der Waals surface area contributed by atoms with E-state index in [9.17, 15) is 4.79 Å². The number of aromatic nitrogens is 1. The van der Waals surface area contributed by atoms with Crippen molar-refractivity contribution < 1.29 is 9.53 Å². The van der Waals surface area contributed by atoms with Gasteiger partial charge in [-0.15, -0.1) is 0 Å². The monoisotopic (exact) mass is 427 g/mol. The highest BCUT2D eigenvalue weighted by atomic mass is 16.5. The second-order valence-electron chi connectivity index (χ2n) is 6.39. The summed E-state index contributed by atoms with van der Waals surface area (Å²) in [5.74, 6) is -0.247. The summed E-state index contributed by atoms with van der Waals surface area (Å²) < 4.78 is 7.61. The van der Waals surface area contributed by atoms with Crippen molar-refractivity contribution in [2.24, 2.45) is 0 Å². The number of carbonyl (C=O) groups excluding carboxylic acids is 1. The normalized spacial score (nSPS) is 13.7. The minimum atomic E-state index is -0.247. The lowest BCUT2D eigenvalue weighted by atomic mass is 10.0. The lowest BCUT2D eigenvalue weighted by Crippen LogP contribution is -2.25. The fourth-order valence-corrected chi connectivity index (χ4v) is 3.78. The van der Waals surface area contributed by atoms with Gasteiger partial charge in [0.1, 0.15) is 0 Å². The predicted octanol–water partition coefficient (Wildman–Crippen LogP) is 5.59. The summed E-state index contributed by atoms with van der Waals surface area (Å²) in [6.45, 7) is 17.7. The summed E-state index contributed by atoms with van der Waals surface area (Å²) in [5.41, 5.74) is 5.49. The van der Waals surface area contributed by atoms with E-state index in [2.05, 4.69) is 39.6 Å². The molecule has 1 aromatic carbocycles. The Morgan fingerprint density at radius 2 is 1.87 bits per heavy atom. The van der Waals surface area contributed by atoms with Crippen LogP contribution in [0.3, 0.4) is 0 Å². The predicted molar refractivity (Wildman–Crippen MR) is 133 cm³/mol. The average molecular weight is 428 g/mol. The topological polar surface area (TPSA) is 55.3 Å². The van der Waals surface area contributed by atoms with Crippen LogP contribution in [0.1, 0.15) is 70.1 Å². The van der Waals surface area contributed by atoms with Crippen molar-refractivity contribution in [1.29, 1.82) is 0 Å². The first-order chi connectivity index (χ1) is 15.3. The summed E-state index contributed by atoms with van der Waals surface area (Å²) >= 11 is 0. The molecule has 2 aliphatic rings. The number of hydrogen-bond acceptors (Lipinski definition) is 4. The van der Waals surface area contributed by atoms with Gasteiger partial charge in [-0.1, -0.05) is 65.8 Å². The van der Waals surface area contributed by atoms with Gasteiger partial charge in [0, 0.05) is 49.9 Å². The number of nitrogens with one attached hydrogen (secondary N) is 2. The lowest BCUT2D eigenvalue weighted by Gasteiger charge is -2.18. The quantitative estimate of drug-likeness (QED) is 0.625. The molecular weight excluding hydrogens is 386 g/mol. The molecule has 5 nitrogen and oxygen atoms in total. The van der Waals surface area contributed by atoms with E-state index in [-0.39, 0.29) is 5.97 Å². The van der Waals surface area contributed by atoms with Crippen LogP contribution in [0.4, 0.5) is 0 Å². The molecule has 2 aliphatic heterocycles. The first-order valence-electron chi connectivity index (χ1n) is 11.9. The fraction of sp³-hybridized carbons (Fsp3) is 0.500. The molecule has 0 saturated carbocycles. The number of carbonyl (C=O) groups is 1. The molecule has 0 atom stereocenters. The molecule has 5 heteroatoms. The Labute approximate surface area is 188 Å². The number of esters is 1. The van der Waals surface area contributed by atoms with Crippen LogP contribution in [0.25, 0.3) is 10.9 Å². The van der Waals surface area contributed by atoms with Crippen LogP contribution in [0, 0.1) is 0 Å². The molecule has 2 N–H and O–H groups in total. The molecule has 31 heavy (non-hydrogen) atoms. The van der Waals surface area contributed by atoms with Crippen LogP contribution < -0.4 is 10.6 Å². The Morgan fingerprint density at radius 1 is 1.13 bits per heavy atom. The summed E-state index contributed by atoms with van der Waals surface area (Å²) in [4.78, 5) is 12.5. The van der Waals surface area contributed by atoms with Gasteiger partial charge in [0.15, 0.2) is 0 Å². The Kier molecular flexibility index (Phi) is 12.4. The van der Waals surface area contributed by atoms with Gasteiger partial charge in [-0.3, -0.25) is 0 Å². The number of dihydropyridines is 1. The lowest BCUT2D eigenvalue weighted by molar-refractivity contribution is 0.0528. The largest absolute Gasteiger partial charge is 0.462 e. The van der Waals surface area contributed by atoms with E-state index in [0.717, 1.165) is 43.5 Å². The minimum Gasteiger partial charge on any atom is -0.462 e. The van der Waals surface area contributed by atoms with Crippen molar-refractivity contribution in [3.05, 3.63) is 58.9 Å². The summed E-state index contributed by atoms with van der Waals surface area (Å²) in [5, 5.41) is 7.87. The molecule has 0 radical (unpaired) electrons. The van der Waals surface area contributed by atoms with E-state index in [1.165, 1.54) is 16.8 Å². The molecule has 0 aliphatic carbocycles. The van der Waals surface area contributed by atoms with Gasteiger partial charge in [-0.2, -0.15) is 0 Å². The maximum atomic E-state index is 12.5. The van der Waals surface area contributed by atoms with Gasteiger partial charge < -0.3 is 19.9 Å². The number of fused-ring (bicyclic) bond motifs is 3. The first-order valence-corrected chi connectivity index (χ1v) is 11.9. The smallest absolute Gasteiger partial charge is 0.340 e. The molecule has 1 aromatic heterocycles. The Bertz CT molecular complexity index is 878. The van der Waals surface area contributed by atoms with Crippen LogP contribution in [0.2, 0.25) is 0 Å². The molecule has 3 heterocycles. The van der Waals surface area contributed by atoms with Gasteiger partial charge in [0.05, 0.1) is 17.7 Å². The number of nitrogens with zero attached hydrogens (tertiary/aromatic N) is 1. The molecule has 4 rings (SSSR count). The zero-order valence-electron chi connectivity index (χ0n) is 20.5. The molecule has 0 unspecified atom stereocenters. The molecule has 0 spiro atoms. The highest BCUT2D eigenvalue weighted by Crippen LogP contribution is 2.32. The van der Waals surface area contributed by atoms with E-state index in [0.29, 0.717) is 12.2 Å². The molecule has 0 saturated heterocycles. The number of allylic oxidation sites excluding steroid dienone is 2. The van der Waals surface area contributed by atoms with E-state index in [1.54, 1.807) is 0 Å². The van der Waals surface area contributed by atoms with Crippen molar-refractivity contribution in [2.75, 3.05) is 19.7 Å². The molecule has 2 aromatic rings. The van der Waals surface area contributed by atoms with Gasteiger partial charge in [-0.05, 0) is 24.1 Å². The van der Waals surface area contributed by atoms with E-state index >= 15 is 0 Å². The molecule has 0 fully saturated rings. The standard InChI is InChI=1S/C20H23N3O2.3C2H6/c1-2-25-20(24)16-7-3-6-15-17-12-22-10-8-18(17)23(19(15)16)13-14-5-4-9-21-11-14;3*1-2/h3-7,11,21-22H,2,8-10,12-13H2,1H3;3*1-2H3. The van der Waals surface area contributed by atoms with Crippen LogP contribution >= 0.6 is 0 Å². The third-order valence-electron chi connectivity index (χ3n) is 4.84. The summed E-state index contributed by atoms with van der Waals surface area (Å²) in [7, 11) is 0. The van der Waals surface area contributed by atoms with E-state index in [1.807, 2.05) is 60.6 Å². The number of hydrogen-bond donors (Lipinski definition) is 2. The number of benzene rings is 1. The van der Waals surface area contributed by atoms with Gasteiger partial charge in [-0.25, -0.2) is 4.79 Å². The Morgan fingerprint density at radius 3 is 2.52 bits per heavy atom. The van der Waals surface area contributed by atoms with Crippen LogP contribution in [-0.2, 0) is 24.2 Å². The first kappa shape index (κ1) is 26.5. The van der Waals surface area contributed by atoms with Crippen molar-refractivity contribution in [1.82, 2.24) is 15.2 Å². The molecule has 0 bridgehead atoms. The summed E-state index contributed by atoms with van der Waals surface area (Å²) in [6.07, 6.45) is 7.31. The Hall–Kier alpha value is -2.53. The van der Waals surface area contributed by atoms with E-state index in [4.69, 9.17) is 4.74 Å². The minimum absolute atomic E-state index is 0.247. The average Bonchev–Trinajstić information content (AvgIpc) is 3.17. The highest BCUT2D eigenvalue weighted by molar-refractivity contribution is 6.04. The molecule has 0 amide bonds. The van der Waals surface area contributed by atoms with Gasteiger partial charge in [0.2, 0.25) is 0 Å². The summed E-state index contributed by atoms with van der Waals surface area (Å²) in [6, 6.07) is 5.94. The number of ether oxygens (including phenoxy) is 1. The second kappa shape index (κ2) is 14.5. The molecule has 172 valence electrons. The van der Waals surface area contributed by atoms with Crippen LogP contribution in [0.5, 0.6) is 0 Å². The maximum Gasteiger partial charge on any atom is 0.340 e. The van der Waals surface area contributed by atoms with Gasteiger partial charge in [0.25, 0.3) is 0 Å². The van der Waals surface area contributed by atoms with Crippen LogP contribution in [0.15, 0.2) is 42.1 Å². The Balaban J connectivity index is 0.000000739. The fourth-order valence-electron chi connectivity index (χ4n) is 3.78. The van der Waals surface area contributed by atoms with Crippen LogP contribution in [-0.4, -0.2) is 30.2 Å². The number of para-hydroxylation sites is 1. The van der Waals surface area contributed by atoms with E-state index < -0.39 is 0 Å². The zero-order chi connectivity index (χ0) is 23.2. The zero-order valence-corrected chi connectivity index (χ0v) is 20.5.